The van der Waals surface area contributed by atoms with Crippen LogP contribution in [0.25, 0.3) is 0 Å². The number of benzene rings is 3. The van der Waals surface area contributed by atoms with Crippen LogP contribution in [0.4, 0.5) is 0 Å². The first kappa shape index (κ1) is 27.5. The lowest BCUT2D eigenvalue weighted by molar-refractivity contribution is -0.143. The van der Waals surface area contributed by atoms with Gasteiger partial charge >= 0.3 is 0 Å². The first-order valence-electron chi connectivity index (χ1n) is 12.1. The van der Waals surface area contributed by atoms with E-state index >= 15 is 0 Å². The van der Waals surface area contributed by atoms with Crippen molar-refractivity contribution in [3.05, 3.63) is 99.5 Å². The van der Waals surface area contributed by atoms with E-state index in [0.717, 1.165) is 26.7 Å². The summed E-state index contributed by atoms with van der Waals surface area (Å²) in [6, 6.07) is 22.6. The predicted molar refractivity (Wildman–Crippen MR) is 148 cm³/mol. The number of hydrogen-bond donors (Lipinski definition) is 1. The van der Waals surface area contributed by atoms with Crippen molar-refractivity contribution in [3.8, 4) is 5.75 Å². The van der Waals surface area contributed by atoms with Crippen LogP contribution in [0.1, 0.15) is 43.0 Å². The number of nitrogens with one attached hydrogen (secondary N) is 1. The van der Waals surface area contributed by atoms with Gasteiger partial charge in [-0.3, -0.25) is 9.59 Å². The van der Waals surface area contributed by atoms with Crippen molar-refractivity contribution in [2.75, 3.05) is 6.61 Å². The van der Waals surface area contributed by atoms with Crippen molar-refractivity contribution in [3.63, 3.8) is 0 Å². The van der Waals surface area contributed by atoms with Gasteiger partial charge in [-0.15, -0.1) is 0 Å². The Morgan fingerprint density at radius 3 is 2.25 bits per heavy atom. The summed E-state index contributed by atoms with van der Waals surface area (Å²) in [5.41, 5.74) is 3.72. The number of halogens is 1. The van der Waals surface area contributed by atoms with Gasteiger partial charge in [-0.25, -0.2) is 0 Å². The Balaban J connectivity index is 1.93. The fourth-order valence-corrected chi connectivity index (χ4v) is 4.32. The minimum Gasteiger partial charge on any atom is -0.484 e. The number of ether oxygens (including phenoxy) is 1. The normalized spacial score (nSPS) is 12.1. The molecule has 0 radical (unpaired) electrons. The zero-order valence-corrected chi connectivity index (χ0v) is 23.3. The molecule has 0 unspecified atom stereocenters. The molecule has 0 aromatic heterocycles. The molecule has 36 heavy (non-hydrogen) atoms. The van der Waals surface area contributed by atoms with Crippen molar-refractivity contribution in [1.82, 2.24) is 10.2 Å². The van der Waals surface area contributed by atoms with Crippen LogP contribution in [-0.2, 0) is 22.6 Å². The smallest absolute Gasteiger partial charge is 0.261 e. The maximum atomic E-state index is 13.7. The topological polar surface area (TPSA) is 58.6 Å². The quantitative estimate of drug-likeness (QED) is 0.355. The molecule has 0 aliphatic rings. The lowest BCUT2D eigenvalue weighted by Gasteiger charge is -2.33. The van der Waals surface area contributed by atoms with Gasteiger partial charge in [0.1, 0.15) is 11.8 Å². The summed E-state index contributed by atoms with van der Waals surface area (Å²) in [5, 5.41) is 3.08. The van der Waals surface area contributed by atoms with Crippen LogP contribution < -0.4 is 10.1 Å². The molecule has 3 rings (SSSR count). The van der Waals surface area contributed by atoms with Crippen LogP contribution in [0.15, 0.2) is 77.3 Å². The van der Waals surface area contributed by atoms with Crippen LogP contribution in [0.3, 0.4) is 0 Å². The SMILES string of the molecule is Cc1ccc(OCC(=O)N(Cc2cccc(Br)c2)[C@H](Cc2ccccc2)C(=O)NC(C)(C)C)cc1C. The summed E-state index contributed by atoms with van der Waals surface area (Å²) in [4.78, 5) is 28.9. The molecule has 0 bridgehead atoms. The van der Waals surface area contributed by atoms with E-state index in [4.69, 9.17) is 4.74 Å². The standard InChI is InChI=1S/C30H35BrN2O3/c1-21-14-15-26(16-22(21)2)36-20-28(34)33(19-24-12-9-13-25(31)17-24)27(29(35)32-30(3,4)5)18-23-10-7-6-8-11-23/h6-17,27H,18-20H2,1-5H3,(H,32,35)/t27-/m1/s1. The third-order valence-corrected chi connectivity index (χ3v) is 6.35. The number of carbonyl (C=O) groups excluding carboxylic acids is 2. The van der Waals surface area contributed by atoms with E-state index in [9.17, 15) is 9.59 Å². The van der Waals surface area contributed by atoms with Crippen LogP contribution in [0.5, 0.6) is 5.75 Å². The highest BCUT2D eigenvalue weighted by molar-refractivity contribution is 9.10. The van der Waals surface area contributed by atoms with Crippen LogP contribution in [0, 0.1) is 13.8 Å². The monoisotopic (exact) mass is 550 g/mol. The number of amides is 2. The Kier molecular flexibility index (Phi) is 9.32. The molecular formula is C30H35BrN2O3. The molecule has 2 amide bonds. The number of aryl methyl sites for hydroxylation is 2. The van der Waals surface area contributed by atoms with E-state index in [-0.39, 0.29) is 25.0 Å². The molecule has 0 spiro atoms. The average molecular weight is 552 g/mol. The molecule has 0 heterocycles. The number of hydrogen-bond acceptors (Lipinski definition) is 3. The zero-order chi connectivity index (χ0) is 26.3. The van der Waals surface area contributed by atoms with Crippen LogP contribution in [0.2, 0.25) is 0 Å². The molecule has 0 aliphatic carbocycles. The van der Waals surface area contributed by atoms with Gasteiger partial charge in [0, 0.05) is 23.0 Å². The molecule has 5 nitrogen and oxygen atoms in total. The van der Waals surface area contributed by atoms with Gasteiger partial charge in [0.2, 0.25) is 5.91 Å². The highest BCUT2D eigenvalue weighted by Crippen LogP contribution is 2.20. The largest absolute Gasteiger partial charge is 0.484 e. The molecule has 6 heteroatoms. The fraction of sp³-hybridized carbons (Fsp3) is 0.333. The highest BCUT2D eigenvalue weighted by atomic mass is 79.9. The van der Waals surface area contributed by atoms with Gasteiger partial charge in [-0.05, 0) is 81.1 Å². The Bertz CT molecular complexity index is 1190. The van der Waals surface area contributed by atoms with E-state index in [1.54, 1.807) is 4.90 Å². The Morgan fingerprint density at radius 2 is 1.61 bits per heavy atom. The average Bonchev–Trinajstić information content (AvgIpc) is 2.81. The minimum atomic E-state index is -0.707. The second-order valence-corrected chi connectivity index (χ2v) is 11.0. The maximum absolute atomic E-state index is 13.7. The number of rotatable bonds is 9. The van der Waals surface area contributed by atoms with Gasteiger partial charge in [0.05, 0.1) is 0 Å². The van der Waals surface area contributed by atoms with Gasteiger partial charge in [-0.1, -0.05) is 64.5 Å². The Labute approximate surface area is 223 Å². The van der Waals surface area contributed by atoms with E-state index in [2.05, 4.69) is 21.2 Å². The first-order valence-corrected chi connectivity index (χ1v) is 12.9. The lowest BCUT2D eigenvalue weighted by atomic mass is 10.0. The van der Waals surface area contributed by atoms with Crippen molar-refractivity contribution in [2.45, 2.75) is 59.2 Å². The van der Waals surface area contributed by atoms with Crippen molar-refractivity contribution in [1.29, 1.82) is 0 Å². The summed E-state index contributed by atoms with van der Waals surface area (Å²) >= 11 is 3.52. The maximum Gasteiger partial charge on any atom is 0.261 e. The number of carbonyl (C=O) groups is 2. The Hall–Kier alpha value is -3.12. The summed E-state index contributed by atoms with van der Waals surface area (Å²) in [6.07, 6.45) is 0.395. The molecule has 0 fully saturated rings. The highest BCUT2D eigenvalue weighted by Gasteiger charge is 2.32. The van der Waals surface area contributed by atoms with Crippen molar-refractivity contribution < 1.29 is 14.3 Å². The van der Waals surface area contributed by atoms with E-state index < -0.39 is 11.6 Å². The lowest BCUT2D eigenvalue weighted by Crippen LogP contribution is -2.55. The second kappa shape index (κ2) is 12.2. The summed E-state index contributed by atoms with van der Waals surface area (Å²) in [7, 11) is 0. The summed E-state index contributed by atoms with van der Waals surface area (Å²) in [6.45, 7) is 9.98. The third-order valence-electron chi connectivity index (χ3n) is 5.85. The zero-order valence-electron chi connectivity index (χ0n) is 21.7. The molecule has 0 aliphatic heterocycles. The van der Waals surface area contributed by atoms with Crippen molar-refractivity contribution >= 4 is 27.7 Å². The molecule has 3 aromatic rings. The van der Waals surface area contributed by atoms with E-state index in [0.29, 0.717) is 12.2 Å². The van der Waals surface area contributed by atoms with Crippen molar-refractivity contribution in [2.24, 2.45) is 0 Å². The molecule has 190 valence electrons. The van der Waals surface area contributed by atoms with E-state index in [1.807, 2.05) is 107 Å². The van der Waals surface area contributed by atoms with Gasteiger partial charge < -0.3 is 15.0 Å². The minimum absolute atomic E-state index is 0.162. The molecule has 1 N–H and O–H groups in total. The fourth-order valence-electron chi connectivity index (χ4n) is 3.87. The predicted octanol–water partition coefficient (Wildman–Crippen LogP) is 6.00. The summed E-state index contributed by atoms with van der Waals surface area (Å²) < 4.78 is 6.81. The summed E-state index contributed by atoms with van der Waals surface area (Å²) in [5.74, 6) is 0.187. The molecule has 0 saturated heterocycles. The van der Waals surface area contributed by atoms with Gasteiger partial charge in [0.25, 0.3) is 5.91 Å². The second-order valence-electron chi connectivity index (χ2n) is 10.1. The molecule has 0 saturated carbocycles. The molecule has 1 atom stereocenters. The first-order chi connectivity index (χ1) is 17.0. The van der Waals surface area contributed by atoms with E-state index in [1.165, 1.54) is 0 Å². The van der Waals surface area contributed by atoms with Gasteiger partial charge in [0.15, 0.2) is 6.61 Å². The number of nitrogens with zero attached hydrogens (tertiary/aromatic N) is 1. The van der Waals surface area contributed by atoms with Crippen LogP contribution >= 0.6 is 15.9 Å². The molecule has 3 aromatic carbocycles. The third kappa shape index (κ3) is 8.23. The van der Waals surface area contributed by atoms with Crippen LogP contribution in [-0.4, -0.2) is 34.9 Å². The Morgan fingerprint density at radius 1 is 0.917 bits per heavy atom. The molecular weight excluding hydrogens is 516 g/mol. The van der Waals surface area contributed by atoms with Gasteiger partial charge in [-0.2, -0.15) is 0 Å².